The van der Waals surface area contributed by atoms with Crippen LogP contribution in [-0.4, -0.2) is 25.7 Å². The van der Waals surface area contributed by atoms with Crippen molar-refractivity contribution in [1.82, 2.24) is 5.32 Å². The van der Waals surface area contributed by atoms with Gasteiger partial charge in [0.05, 0.1) is 13.7 Å². The van der Waals surface area contributed by atoms with Crippen LogP contribution in [0.5, 0.6) is 0 Å². The van der Waals surface area contributed by atoms with Crippen LogP contribution in [-0.2, 0) is 9.53 Å². The van der Waals surface area contributed by atoms with E-state index in [9.17, 15) is 9.18 Å². The van der Waals surface area contributed by atoms with Gasteiger partial charge >= 0.3 is 5.97 Å². The van der Waals surface area contributed by atoms with Crippen LogP contribution in [0.3, 0.4) is 0 Å². The third-order valence-corrected chi connectivity index (χ3v) is 3.24. The van der Waals surface area contributed by atoms with Gasteiger partial charge < -0.3 is 10.1 Å². The summed E-state index contributed by atoms with van der Waals surface area (Å²) in [7, 11) is 1.38. The number of carbonyl (C=O) groups is 1. The van der Waals surface area contributed by atoms with E-state index in [1.807, 2.05) is 12.1 Å². The lowest BCUT2D eigenvalue weighted by atomic mass is 9.76. The topological polar surface area (TPSA) is 38.3 Å². The van der Waals surface area contributed by atoms with Crippen molar-refractivity contribution < 1.29 is 13.9 Å². The number of esters is 1. The van der Waals surface area contributed by atoms with E-state index >= 15 is 0 Å². The Hall–Kier alpha value is -1.42. The minimum atomic E-state index is -0.241. The summed E-state index contributed by atoms with van der Waals surface area (Å²) in [5.74, 6) is 0.0365. The third kappa shape index (κ3) is 3.03. The second-order valence-electron chi connectivity index (χ2n) is 4.37. The minimum absolute atomic E-state index is 0.201. The van der Waals surface area contributed by atoms with Crippen LogP contribution >= 0.6 is 0 Å². The number of benzene rings is 1. The molecule has 1 aromatic carbocycles. The summed E-state index contributed by atoms with van der Waals surface area (Å²) in [5.41, 5.74) is 1.17. The molecule has 0 aromatic heterocycles. The van der Waals surface area contributed by atoms with E-state index in [1.54, 1.807) is 0 Å². The summed E-state index contributed by atoms with van der Waals surface area (Å²) in [5, 5.41) is 3.13. The number of halogens is 1. The first-order valence-corrected chi connectivity index (χ1v) is 5.74. The molecule has 17 heavy (non-hydrogen) atoms. The van der Waals surface area contributed by atoms with Crippen molar-refractivity contribution in [3.63, 3.8) is 0 Å². The van der Waals surface area contributed by atoms with Crippen molar-refractivity contribution in [1.29, 1.82) is 0 Å². The first kappa shape index (κ1) is 12.0. The summed E-state index contributed by atoms with van der Waals surface area (Å²) >= 11 is 0. The quantitative estimate of drug-likeness (QED) is 0.812. The molecule has 1 fully saturated rings. The molecular weight excluding hydrogens is 221 g/mol. The van der Waals surface area contributed by atoms with Crippen LogP contribution in [0, 0.1) is 5.82 Å². The maximum atomic E-state index is 12.7. The van der Waals surface area contributed by atoms with E-state index in [1.165, 1.54) is 24.8 Å². The fourth-order valence-corrected chi connectivity index (χ4v) is 2.09. The van der Waals surface area contributed by atoms with Crippen molar-refractivity contribution in [2.45, 2.75) is 24.8 Å². The van der Waals surface area contributed by atoms with Gasteiger partial charge in [-0.25, -0.2) is 4.39 Å². The van der Waals surface area contributed by atoms with Crippen LogP contribution in [0.4, 0.5) is 4.39 Å². The van der Waals surface area contributed by atoms with Gasteiger partial charge in [0.15, 0.2) is 0 Å². The van der Waals surface area contributed by atoms with Crippen LogP contribution in [0.25, 0.3) is 0 Å². The van der Waals surface area contributed by atoms with Crippen molar-refractivity contribution >= 4 is 5.97 Å². The second kappa shape index (κ2) is 5.27. The fourth-order valence-electron chi connectivity index (χ4n) is 2.09. The molecule has 1 aliphatic carbocycles. The Kier molecular flexibility index (Phi) is 3.74. The smallest absolute Gasteiger partial charge is 0.319 e. The predicted molar refractivity (Wildman–Crippen MR) is 62.2 cm³/mol. The zero-order valence-electron chi connectivity index (χ0n) is 9.78. The Labute approximate surface area is 100.0 Å². The normalized spacial score (nSPS) is 22.9. The molecule has 1 saturated carbocycles. The van der Waals surface area contributed by atoms with E-state index in [0.717, 1.165) is 12.8 Å². The molecule has 0 saturated heterocycles. The van der Waals surface area contributed by atoms with Crippen molar-refractivity contribution in [2.24, 2.45) is 0 Å². The average molecular weight is 237 g/mol. The monoisotopic (exact) mass is 237 g/mol. The molecule has 0 unspecified atom stereocenters. The van der Waals surface area contributed by atoms with E-state index in [-0.39, 0.29) is 18.3 Å². The number of hydrogen-bond donors (Lipinski definition) is 1. The SMILES string of the molecule is COC(=O)CNC1CC(c2ccc(F)cc2)C1. The molecule has 0 bridgehead atoms. The lowest BCUT2D eigenvalue weighted by molar-refractivity contribution is -0.139. The number of hydrogen-bond acceptors (Lipinski definition) is 3. The molecule has 0 aliphatic heterocycles. The van der Waals surface area contributed by atoms with Crippen LogP contribution in [0.15, 0.2) is 24.3 Å². The molecule has 4 heteroatoms. The molecule has 0 heterocycles. The minimum Gasteiger partial charge on any atom is -0.468 e. The molecule has 0 spiro atoms. The predicted octanol–water partition coefficient (Wildman–Crippen LogP) is 1.83. The van der Waals surface area contributed by atoms with E-state index in [4.69, 9.17) is 0 Å². The Morgan fingerprint density at radius 2 is 2.06 bits per heavy atom. The highest BCUT2D eigenvalue weighted by Gasteiger charge is 2.30. The Morgan fingerprint density at radius 1 is 1.41 bits per heavy atom. The van der Waals surface area contributed by atoms with Gasteiger partial charge in [-0.3, -0.25) is 4.79 Å². The fraction of sp³-hybridized carbons (Fsp3) is 0.462. The Bertz CT molecular complexity index is 385. The molecule has 1 aromatic rings. The van der Waals surface area contributed by atoms with Crippen LogP contribution in [0.1, 0.15) is 24.3 Å². The first-order valence-electron chi connectivity index (χ1n) is 5.74. The Morgan fingerprint density at radius 3 is 2.65 bits per heavy atom. The van der Waals surface area contributed by atoms with Gasteiger partial charge in [-0.15, -0.1) is 0 Å². The van der Waals surface area contributed by atoms with Gasteiger partial charge in [0.2, 0.25) is 0 Å². The molecule has 0 radical (unpaired) electrons. The second-order valence-corrected chi connectivity index (χ2v) is 4.37. The molecule has 3 nitrogen and oxygen atoms in total. The molecule has 0 atom stereocenters. The van der Waals surface area contributed by atoms with E-state index in [0.29, 0.717) is 12.0 Å². The molecule has 92 valence electrons. The van der Waals surface area contributed by atoms with Gasteiger partial charge in [-0.1, -0.05) is 12.1 Å². The van der Waals surface area contributed by atoms with Crippen molar-refractivity contribution in [3.05, 3.63) is 35.6 Å². The average Bonchev–Trinajstić information content (AvgIpc) is 2.29. The van der Waals surface area contributed by atoms with Gasteiger partial charge in [0.25, 0.3) is 0 Å². The number of carbonyl (C=O) groups excluding carboxylic acids is 1. The lowest BCUT2D eigenvalue weighted by Crippen LogP contribution is -2.42. The van der Waals surface area contributed by atoms with E-state index in [2.05, 4.69) is 10.1 Å². The maximum Gasteiger partial charge on any atom is 0.319 e. The maximum absolute atomic E-state index is 12.7. The summed E-state index contributed by atoms with van der Waals surface area (Å²) in [4.78, 5) is 10.9. The highest BCUT2D eigenvalue weighted by atomic mass is 19.1. The lowest BCUT2D eigenvalue weighted by Gasteiger charge is -2.36. The van der Waals surface area contributed by atoms with Crippen LogP contribution < -0.4 is 5.32 Å². The van der Waals surface area contributed by atoms with Crippen molar-refractivity contribution in [3.8, 4) is 0 Å². The van der Waals surface area contributed by atoms with Gasteiger partial charge in [-0.05, 0) is 36.5 Å². The highest BCUT2D eigenvalue weighted by Crippen LogP contribution is 2.36. The number of methoxy groups -OCH3 is 1. The largest absolute Gasteiger partial charge is 0.468 e. The number of ether oxygens (including phenoxy) is 1. The zero-order valence-corrected chi connectivity index (χ0v) is 9.78. The molecule has 0 amide bonds. The highest BCUT2D eigenvalue weighted by molar-refractivity contribution is 5.71. The van der Waals surface area contributed by atoms with Crippen molar-refractivity contribution in [2.75, 3.05) is 13.7 Å². The summed E-state index contributed by atoms with van der Waals surface area (Å²) < 4.78 is 17.3. The molecule has 1 N–H and O–H groups in total. The van der Waals surface area contributed by atoms with Gasteiger partial charge in [0.1, 0.15) is 5.82 Å². The number of nitrogens with one attached hydrogen (secondary N) is 1. The molecule has 1 aliphatic rings. The summed E-state index contributed by atoms with van der Waals surface area (Å²) in [6.45, 7) is 0.261. The third-order valence-electron chi connectivity index (χ3n) is 3.24. The van der Waals surface area contributed by atoms with Gasteiger partial charge in [0, 0.05) is 6.04 Å². The van der Waals surface area contributed by atoms with Crippen LogP contribution in [0.2, 0.25) is 0 Å². The molecular formula is C13H16FNO2. The molecule has 2 rings (SSSR count). The van der Waals surface area contributed by atoms with Gasteiger partial charge in [-0.2, -0.15) is 0 Å². The zero-order chi connectivity index (χ0) is 12.3. The first-order chi connectivity index (χ1) is 8.19. The Balaban J connectivity index is 1.75. The van der Waals surface area contributed by atoms with E-state index < -0.39 is 0 Å². The standard InChI is InChI=1S/C13H16FNO2/c1-17-13(16)8-15-12-6-10(7-12)9-2-4-11(14)5-3-9/h2-5,10,12,15H,6-8H2,1H3. The number of rotatable bonds is 4. The summed E-state index contributed by atoms with van der Waals surface area (Å²) in [6, 6.07) is 7.01. The summed E-state index contributed by atoms with van der Waals surface area (Å²) in [6.07, 6.45) is 1.98.